The lowest BCUT2D eigenvalue weighted by molar-refractivity contribution is -0.115. The van der Waals surface area contributed by atoms with Gasteiger partial charge in [-0.15, -0.1) is 5.10 Å². The van der Waals surface area contributed by atoms with E-state index >= 15 is 0 Å². The number of nitrogens with zero attached hydrogens (tertiary/aromatic N) is 2. The molecule has 0 bridgehead atoms. The molecule has 3 aromatic rings. The van der Waals surface area contributed by atoms with Crippen molar-refractivity contribution in [2.45, 2.75) is 24.3 Å². The van der Waals surface area contributed by atoms with E-state index in [0.717, 1.165) is 5.56 Å². The molecule has 0 saturated carbocycles. The number of halogens is 1. The Bertz CT molecular complexity index is 960. The Morgan fingerprint density at radius 3 is 2.81 bits per heavy atom. The standard InChI is InChI=1S/C19H19FN4O2S/c1-11-8-9-16(26-3)15(10-11)21-18(25)12(2)27-19-22-17(23-24-19)13-6-4-5-7-14(13)20/h4-10,12H,1-3H3,(H,21,25)(H,22,23,24)/t12-/m0/s1. The van der Waals surface area contributed by atoms with Gasteiger partial charge in [-0.05, 0) is 43.7 Å². The van der Waals surface area contributed by atoms with E-state index in [-0.39, 0.29) is 11.7 Å². The van der Waals surface area contributed by atoms with Crippen LogP contribution in [0.5, 0.6) is 5.75 Å². The predicted molar refractivity (Wildman–Crippen MR) is 103 cm³/mol. The van der Waals surface area contributed by atoms with Crippen LogP contribution in [-0.2, 0) is 4.79 Å². The molecule has 0 aliphatic heterocycles. The number of hydrogen-bond acceptors (Lipinski definition) is 5. The molecule has 0 spiro atoms. The summed E-state index contributed by atoms with van der Waals surface area (Å²) in [6.07, 6.45) is 0. The zero-order chi connectivity index (χ0) is 19.4. The number of carbonyl (C=O) groups excluding carboxylic acids is 1. The first kappa shape index (κ1) is 18.9. The van der Waals surface area contributed by atoms with Crippen LogP contribution in [0.3, 0.4) is 0 Å². The molecule has 0 radical (unpaired) electrons. The van der Waals surface area contributed by atoms with Gasteiger partial charge in [0.25, 0.3) is 0 Å². The molecule has 1 amide bonds. The summed E-state index contributed by atoms with van der Waals surface area (Å²) in [6.45, 7) is 3.69. The Hall–Kier alpha value is -2.87. The van der Waals surface area contributed by atoms with Crippen LogP contribution in [0.4, 0.5) is 10.1 Å². The van der Waals surface area contributed by atoms with Gasteiger partial charge in [-0.25, -0.2) is 9.37 Å². The number of carbonyl (C=O) groups is 1. The SMILES string of the molecule is COc1ccc(C)cc1NC(=O)[C@H](C)Sc1n[nH]c(-c2ccccc2F)n1. The molecule has 27 heavy (non-hydrogen) atoms. The first-order valence-electron chi connectivity index (χ1n) is 8.27. The third kappa shape index (κ3) is 4.46. The summed E-state index contributed by atoms with van der Waals surface area (Å²) in [4.78, 5) is 16.8. The minimum Gasteiger partial charge on any atom is -0.495 e. The highest BCUT2D eigenvalue weighted by Gasteiger charge is 2.19. The predicted octanol–water partition coefficient (Wildman–Crippen LogP) is 4.05. The summed E-state index contributed by atoms with van der Waals surface area (Å²) in [7, 11) is 1.55. The molecule has 8 heteroatoms. The maximum Gasteiger partial charge on any atom is 0.237 e. The van der Waals surface area contributed by atoms with Gasteiger partial charge >= 0.3 is 0 Å². The maximum atomic E-state index is 13.9. The van der Waals surface area contributed by atoms with E-state index in [2.05, 4.69) is 20.5 Å². The number of aromatic amines is 1. The lowest BCUT2D eigenvalue weighted by atomic mass is 10.2. The third-order valence-electron chi connectivity index (χ3n) is 3.86. The van der Waals surface area contributed by atoms with Gasteiger partial charge in [0, 0.05) is 0 Å². The van der Waals surface area contributed by atoms with Crippen molar-refractivity contribution in [3.8, 4) is 17.1 Å². The molecular formula is C19H19FN4O2S. The van der Waals surface area contributed by atoms with Crippen LogP contribution >= 0.6 is 11.8 Å². The molecule has 1 atom stereocenters. The largest absolute Gasteiger partial charge is 0.495 e. The summed E-state index contributed by atoms with van der Waals surface area (Å²) in [5.74, 6) is 0.318. The smallest absolute Gasteiger partial charge is 0.237 e. The van der Waals surface area contributed by atoms with Gasteiger partial charge in [0.15, 0.2) is 5.82 Å². The molecule has 0 aliphatic rings. The van der Waals surface area contributed by atoms with Crippen LogP contribution in [0.15, 0.2) is 47.6 Å². The van der Waals surface area contributed by atoms with Gasteiger partial charge in [0.1, 0.15) is 11.6 Å². The van der Waals surface area contributed by atoms with Crippen LogP contribution in [0.25, 0.3) is 11.4 Å². The molecule has 1 heterocycles. The van der Waals surface area contributed by atoms with Gasteiger partial charge in [-0.1, -0.05) is 30.0 Å². The number of rotatable bonds is 6. The number of hydrogen-bond donors (Lipinski definition) is 2. The molecule has 2 N–H and O–H groups in total. The van der Waals surface area contributed by atoms with Crippen molar-refractivity contribution in [2.24, 2.45) is 0 Å². The van der Waals surface area contributed by atoms with E-state index in [4.69, 9.17) is 4.74 Å². The molecule has 2 aromatic carbocycles. The van der Waals surface area contributed by atoms with Crippen molar-refractivity contribution in [2.75, 3.05) is 12.4 Å². The lowest BCUT2D eigenvalue weighted by Crippen LogP contribution is -2.22. The highest BCUT2D eigenvalue weighted by molar-refractivity contribution is 8.00. The topological polar surface area (TPSA) is 79.9 Å². The fourth-order valence-corrected chi connectivity index (χ4v) is 3.16. The number of methoxy groups -OCH3 is 1. The minimum atomic E-state index is -0.459. The van der Waals surface area contributed by atoms with Crippen LogP contribution < -0.4 is 10.1 Å². The Labute approximate surface area is 160 Å². The molecule has 1 aromatic heterocycles. The van der Waals surface area contributed by atoms with Crippen molar-refractivity contribution in [3.05, 3.63) is 53.8 Å². The molecular weight excluding hydrogens is 367 g/mol. The number of nitrogens with one attached hydrogen (secondary N) is 2. The van der Waals surface area contributed by atoms with Crippen molar-refractivity contribution < 1.29 is 13.9 Å². The second-order valence-corrected chi connectivity index (χ2v) is 7.21. The zero-order valence-corrected chi connectivity index (χ0v) is 15.9. The van der Waals surface area contributed by atoms with E-state index in [9.17, 15) is 9.18 Å². The Morgan fingerprint density at radius 2 is 2.07 bits per heavy atom. The number of aromatic nitrogens is 3. The van der Waals surface area contributed by atoms with Crippen molar-refractivity contribution in [3.63, 3.8) is 0 Å². The summed E-state index contributed by atoms with van der Waals surface area (Å²) < 4.78 is 19.1. The first-order valence-corrected chi connectivity index (χ1v) is 9.15. The Morgan fingerprint density at radius 1 is 1.30 bits per heavy atom. The molecule has 0 unspecified atom stereocenters. The Balaban J connectivity index is 1.69. The van der Waals surface area contributed by atoms with Crippen LogP contribution in [0.1, 0.15) is 12.5 Å². The van der Waals surface area contributed by atoms with Gasteiger partial charge in [-0.2, -0.15) is 0 Å². The van der Waals surface area contributed by atoms with E-state index in [1.54, 1.807) is 38.3 Å². The fraction of sp³-hybridized carbons (Fsp3) is 0.211. The summed E-state index contributed by atoms with van der Waals surface area (Å²) in [5.41, 5.74) is 1.95. The van der Waals surface area contributed by atoms with Crippen molar-refractivity contribution >= 4 is 23.4 Å². The zero-order valence-electron chi connectivity index (χ0n) is 15.1. The van der Waals surface area contributed by atoms with Crippen LogP contribution in [0, 0.1) is 12.7 Å². The number of ether oxygens (including phenoxy) is 1. The molecule has 0 saturated heterocycles. The van der Waals surface area contributed by atoms with Gasteiger partial charge in [0.05, 0.1) is 23.6 Å². The quantitative estimate of drug-likeness (QED) is 0.625. The summed E-state index contributed by atoms with van der Waals surface area (Å²) in [5, 5.41) is 9.54. The third-order valence-corrected chi connectivity index (χ3v) is 4.82. The molecule has 6 nitrogen and oxygen atoms in total. The number of thioether (sulfide) groups is 1. The summed E-state index contributed by atoms with van der Waals surface area (Å²) >= 11 is 1.18. The first-order chi connectivity index (χ1) is 13.0. The van der Waals surface area contributed by atoms with Gasteiger partial charge in [-0.3, -0.25) is 9.89 Å². The van der Waals surface area contributed by atoms with Crippen molar-refractivity contribution in [1.82, 2.24) is 15.2 Å². The van der Waals surface area contributed by atoms with E-state index < -0.39 is 5.25 Å². The van der Waals surface area contributed by atoms with E-state index in [1.165, 1.54) is 17.8 Å². The highest BCUT2D eigenvalue weighted by atomic mass is 32.2. The van der Waals surface area contributed by atoms with E-state index in [0.29, 0.717) is 28.0 Å². The number of benzene rings is 2. The van der Waals surface area contributed by atoms with E-state index in [1.807, 2.05) is 19.1 Å². The number of aryl methyl sites for hydroxylation is 1. The molecule has 0 aliphatic carbocycles. The molecule has 0 fully saturated rings. The van der Waals surface area contributed by atoms with Gasteiger partial charge < -0.3 is 10.1 Å². The fourth-order valence-electron chi connectivity index (χ4n) is 2.44. The monoisotopic (exact) mass is 386 g/mol. The van der Waals surface area contributed by atoms with Crippen LogP contribution in [-0.4, -0.2) is 33.4 Å². The normalized spacial score (nSPS) is 11.9. The molecule has 3 rings (SSSR count). The number of H-pyrrole nitrogens is 1. The summed E-state index contributed by atoms with van der Waals surface area (Å²) in [6, 6.07) is 11.9. The lowest BCUT2D eigenvalue weighted by Gasteiger charge is -2.13. The highest BCUT2D eigenvalue weighted by Crippen LogP contribution is 2.28. The van der Waals surface area contributed by atoms with Crippen LogP contribution in [0.2, 0.25) is 0 Å². The second-order valence-electron chi connectivity index (χ2n) is 5.90. The van der Waals surface area contributed by atoms with Crippen molar-refractivity contribution in [1.29, 1.82) is 0 Å². The molecule has 140 valence electrons. The number of anilines is 1. The number of amides is 1. The minimum absolute atomic E-state index is 0.207. The van der Waals surface area contributed by atoms with Gasteiger partial charge in [0.2, 0.25) is 11.1 Å². The average molecular weight is 386 g/mol. The average Bonchev–Trinajstić information content (AvgIpc) is 3.10. The Kier molecular flexibility index (Phi) is 5.75. The second kappa shape index (κ2) is 8.22. The maximum absolute atomic E-state index is 13.9.